The van der Waals surface area contributed by atoms with Crippen molar-refractivity contribution in [3.05, 3.63) is 12.2 Å². The van der Waals surface area contributed by atoms with Gasteiger partial charge in [-0.1, -0.05) is 25.5 Å². The van der Waals surface area contributed by atoms with Crippen molar-refractivity contribution in [2.24, 2.45) is 5.10 Å². The number of nitrogens with one attached hydrogen (secondary N) is 1. The van der Waals surface area contributed by atoms with Crippen LogP contribution in [0.2, 0.25) is 0 Å². The molecule has 0 saturated carbocycles. The van der Waals surface area contributed by atoms with Crippen molar-refractivity contribution in [2.75, 3.05) is 6.61 Å². The van der Waals surface area contributed by atoms with Crippen molar-refractivity contribution in [3.63, 3.8) is 0 Å². The standard InChI is InChI=1S/C13H23FN2O/c1-3-4-7-11(2)10-12(14)15-16-13-8-5-6-9-17-13/h13,16H,2-10H2,1H3/b15-12+. The van der Waals surface area contributed by atoms with Crippen LogP contribution in [0.15, 0.2) is 17.3 Å². The van der Waals surface area contributed by atoms with Crippen molar-refractivity contribution in [1.29, 1.82) is 0 Å². The molecule has 1 atom stereocenters. The van der Waals surface area contributed by atoms with Gasteiger partial charge in [-0.15, -0.1) is 0 Å². The molecular weight excluding hydrogens is 219 g/mol. The molecule has 0 aromatic rings. The van der Waals surface area contributed by atoms with Crippen LogP contribution in [0.4, 0.5) is 4.39 Å². The Morgan fingerprint density at radius 3 is 3.00 bits per heavy atom. The third-order valence-corrected chi connectivity index (χ3v) is 2.79. The first-order valence-corrected chi connectivity index (χ1v) is 6.48. The maximum absolute atomic E-state index is 13.4. The molecule has 1 unspecified atom stereocenters. The Hall–Kier alpha value is -0.900. The van der Waals surface area contributed by atoms with E-state index in [4.69, 9.17) is 4.74 Å². The molecule has 1 heterocycles. The summed E-state index contributed by atoms with van der Waals surface area (Å²) in [6.07, 6.45) is 6.23. The molecule has 1 N–H and O–H groups in total. The second-order valence-corrected chi connectivity index (χ2v) is 4.50. The predicted octanol–water partition coefficient (Wildman–Crippen LogP) is 3.52. The molecule has 3 nitrogen and oxygen atoms in total. The third kappa shape index (κ3) is 6.41. The highest BCUT2D eigenvalue weighted by Crippen LogP contribution is 2.12. The van der Waals surface area contributed by atoms with Gasteiger partial charge in [-0.3, -0.25) is 5.43 Å². The minimum Gasteiger partial charge on any atom is -0.357 e. The SMILES string of the molecule is C=C(CCCC)C/C(F)=N\NC1CCCCO1. The topological polar surface area (TPSA) is 33.6 Å². The molecule has 98 valence electrons. The van der Waals surface area contributed by atoms with Crippen LogP contribution in [0.5, 0.6) is 0 Å². The lowest BCUT2D eigenvalue weighted by molar-refractivity contribution is -0.00475. The highest BCUT2D eigenvalue weighted by atomic mass is 19.1. The van der Waals surface area contributed by atoms with E-state index in [0.717, 1.165) is 50.7 Å². The highest BCUT2D eigenvalue weighted by Gasteiger charge is 2.12. The number of hydrogen-bond donors (Lipinski definition) is 1. The Kier molecular flexibility index (Phi) is 6.86. The van der Waals surface area contributed by atoms with Gasteiger partial charge in [0.25, 0.3) is 0 Å². The van der Waals surface area contributed by atoms with Crippen molar-refractivity contribution in [1.82, 2.24) is 5.43 Å². The molecule has 1 aliphatic rings. The van der Waals surface area contributed by atoms with Gasteiger partial charge in [-0.25, -0.2) is 0 Å². The van der Waals surface area contributed by atoms with Crippen LogP contribution in [-0.2, 0) is 4.74 Å². The molecule has 0 radical (unpaired) electrons. The van der Waals surface area contributed by atoms with Gasteiger partial charge in [0.15, 0.2) is 0 Å². The summed E-state index contributed by atoms with van der Waals surface area (Å²) in [5.74, 6) is -0.403. The van der Waals surface area contributed by atoms with Gasteiger partial charge in [0, 0.05) is 13.0 Å². The Bertz CT molecular complexity index is 260. The number of ether oxygens (including phenoxy) is 1. The van der Waals surface area contributed by atoms with Gasteiger partial charge in [0.1, 0.15) is 6.23 Å². The first-order chi connectivity index (χ1) is 8.22. The number of hydrogen-bond acceptors (Lipinski definition) is 3. The fourth-order valence-corrected chi connectivity index (χ4v) is 1.75. The van der Waals surface area contributed by atoms with Crippen LogP contribution in [-0.4, -0.2) is 18.8 Å². The first kappa shape index (κ1) is 14.2. The first-order valence-electron chi connectivity index (χ1n) is 6.48. The molecule has 0 aliphatic carbocycles. The summed E-state index contributed by atoms with van der Waals surface area (Å²) in [7, 11) is 0. The molecule has 0 aromatic carbocycles. The van der Waals surface area contributed by atoms with E-state index in [0.29, 0.717) is 0 Å². The summed E-state index contributed by atoms with van der Waals surface area (Å²) in [5.41, 5.74) is 3.63. The third-order valence-electron chi connectivity index (χ3n) is 2.79. The van der Waals surface area contributed by atoms with Crippen LogP contribution < -0.4 is 5.43 Å². The Labute approximate surface area is 103 Å². The molecule has 0 amide bonds. The minimum absolute atomic E-state index is 0.126. The number of halogens is 1. The molecule has 0 aromatic heterocycles. The van der Waals surface area contributed by atoms with Crippen LogP contribution in [0.1, 0.15) is 51.9 Å². The number of rotatable bonds is 7. The maximum Gasteiger partial charge on any atom is 0.211 e. The fourth-order valence-electron chi connectivity index (χ4n) is 1.75. The van der Waals surface area contributed by atoms with Crippen molar-refractivity contribution in [3.8, 4) is 0 Å². The fraction of sp³-hybridized carbons (Fsp3) is 0.769. The predicted molar refractivity (Wildman–Crippen MR) is 68.6 cm³/mol. The lowest BCUT2D eigenvalue weighted by Gasteiger charge is -2.21. The molecule has 1 aliphatic heterocycles. The molecular formula is C13H23FN2O. The zero-order chi connectivity index (χ0) is 12.5. The Balaban J connectivity index is 2.21. The lowest BCUT2D eigenvalue weighted by atomic mass is 10.1. The van der Waals surface area contributed by atoms with E-state index >= 15 is 0 Å². The lowest BCUT2D eigenvalue weighted by Crippen LogP contribution is -2.31. The molecule has 0 spiro atoms. The highest BCUT2D eigenvalue weighted by molar-refractivity contribution is 5.76. The summed E-state index contributed by atoms with van der Waals surface area (Å²) < 4.78 is 18.8. The summed E-state index contributed by atoms with van der Waals surface area (Å²) >= 11 is 0. The number of hydrazone groups is 1. The van der Waals surface area contributed by atoms with E-state index in [2.05, 4.69) is 24.0 Å². The van der Waals surface area contributed by atoms with Crippen molar-refractivity contribution in [2.45, 2.75) is 58.1 Å². The van der Waals surface area contributed by atoms with E-state index in [9.17, 15) is 4.39 Å². The molecule has 17 heavy (non-hydrogen) atoms. The van der Waals surface area contributed by atoms with Gasteiger partial charge < -0.3 is 4.74 Å². The van der Waals surface area contributed by atoms with Gasteiger partial charge >= 0.3 is 0 Å². The Morgan fingerprint density at radius 2 is 2.35 bits per heavy atom. The van der Waals surface area contributed by atoms with E-state index in [1.54, 1.807) is 0 Å². The van der Waals surface area contributed by atoms with Gasteiger partial charge in [-0.05, 0) is 32.1 Å². The van der Waals surface area contributed by atoms with Crippen molar-refractivity contribution >= 4 is 5.97 Å². The molecule has 1 saturated heterocycles. The minimum atomic E-state index is -0.403. The zero-order valence-electron chi connectivity index (χ0n) is 10.7. The van der Waals surface area contributed by atoms with Crippen LogP contribution in [0.3, 0.4) is 0 Å². The Morgan fingerprint density at radius 1 is 1.53 bits per heavy atom. The van der Waals surface area contributed by atoms with E-state index < -0.39 is 5.97 Å². The largest absolute Gasteiger partial charge is 0.357 e. The van der Waals surface area contributed by atoms with Crippen LogP contribution >= 0.6 is 0 Å². The van der Waals surface area contributed by atoms with Gasteiger partial charge in [0.2, 0.25) is 5.97 Å². The van der Waals surface area contributed by atoms with Gasteiger partial charge in [0.05, 0.1) is 0 Å². The maximum atomic E-state index is 13.4. The van der Waals surface area contributed by atoms with E-state index in [1.807, 2.05) is 0 Å². The summed E-state index contributed by atoms with van der Waals surface area (Å²) in [6.45, 7) is 6.69. The smallest absolute Gasteiger partial charge is 0.211 e. The van der Waals surface area contributed by atoms with Crippen molar-refractivity contribution < 1.29 is 9.13 Å². The number of nitrogens with zero attached hydrogens (tertiary/aromatic N) is 1. The monoisotopic (exact) mass is 242 g/mol. The molecule has 0 bridgehead atoms. The second-order valence-electron chi connectivity index (χ2n) is 4.50. The average molecular weight is 242 g/mol. The molecule has 4 heteroatoms. The molecule has 1 rings (SSSR count). The van der Waals surface area contributed by atoms with E-state index in [-0.39, 0.29) is 12.6 Å². The quantitative estimate of drug-likeness (QED) is 0.421. The van der Waals surface area contributed by atoms with Crippen LogP contribution in [0, 0.1) is 0 Å². The molecule has 1 fully saturated rings. The van der Waals surface area contributed by atoms with E-state index in [1.165, 1.54) is 0 Å². The normalized spacial score (nSPS) is 21.3. The zero-order valence-corrected chi connectivity index (χ0v) is 10.7. The second kappa shape index (κ2) is 8.23. The number of allylic oxidation sites excluding steroid dienone is 1. The summed E-state index contributed by atoms with van der Waals surface area (Å²) in [4.78, 5) is 0. The summed E-state index contributed by atoms with van der Waals surface area (Å²) in [6, 6.07) is 0. The van der Waals surface area contributed by atoms with Gasteiger partial charge in [-0.2, -0.15) is 9.49 Å². The van der Waals surface area contributed by atoms with Crippen LogP contribution in [0.25, 0.3) is 0 Å². The number of unbranched alkanes of at least 4 members (excludes halogenated alkanes) is 1. The summed E-state index contributed by atoms with van der Waals surface area (Å²) in [5, 5.41) is 3.71. The average Bonchev–Trinajstić information content (AvgIpc) is 2.35.